The summed E-state index contributed by atoms with van der Waals surface area (Å²) in [7, 11) is 3.62. The van der Waals surface area contributed by atoms with Gasteiger partial charge in [-0.25, -0.2) is 0 Å². The highest BCUT2D eigenvalue weighted by Gasteiger charge is 2.24. The van der Waals surface area contributed by atoms with Gasteiger partial charge < -0.3 is 24.8 Å². The lowest BCUT2D eigenvalue weighted by atomic mass is 9.97. The highest BCUT2D eigenvalue weighted by molar-refractivity contribution is 5.80. The Morgan fingerprint density at radius 1 is 1.21 bits per heavy atom. The number of guanidine groups is 1. The number of piperazine rings is 1. The van der Waals surface area contributed by atoms with Gasteiger partial charge in [0.1, 0.15) is 5.75 Å². The van der Waals surface area contributed by atoms with Crippen molar-refractivity contribution in [1.82, 2.24) is 15.1 Å². The van der Waals surface area contributed by atoms with E-state index < -0.39 is 0 Å². The lowest BCUT2D eigenvalue weighted by molar-refractivity contribution is 0.140. The summed E-state index contributed by atoms with van der Waals surface area (Å²) in [5.74, 6) is 2.68. The number of methoxy groups -OCH3 is 1. The lowest BCUT2D eigenvalue weighted by Gasteiger charge is -2.39. The molecular weight excluding hydrogens is 350 g/mol. The second kappa shape index (κ2) is 10.0. The molecule has 0 bridgehead atoms. The van der Waals surface area contributed by atoms with Gasteiger partial charge in [-0.15, -0.1) is 0 Å². The number of nitrogens with one attached hydrogen (secondary N) is 1. The van der Waals surface area contributed by atoms with E-state index in [0.29, 0.717) is 12.0 Å². The molecule has 1 N–H and O–H groups in total. The highest BCUT2D eigenvalue weighted by Crippen LogP contribution is 2.22. The first-order valence-corrected chi connectivity index (χ1v) is 10.7. The Kier molecular flexibility index (Phi) is 7.43. The van der Waals surface area contributed by atoms with Crippen molar-refractivity contribution in [3.63, 3.8) is 0 Å². The second-order valence-electron chi connectivity index (χ2n) is 8.20. The molecule has 0 spiro atoms. The van der Waals surface area contributed by atoms with Gasteiger partial charge in [0.15, 0.2) is 5.96 Å². The normalized spacial score (nSPS) is 21.9. The number of anilines is 1. The summed E-state index contributed by atoms with van der Waals surface area (Å²) in [5.41, 5.74) is 1.23. The topological polar surface area (TPSA) is 43.3 Å². The number of nitrogens with zero attached hydrogens (tertiary/aromatic N) is 4. The number of likely N-dealkylation sites (tertiary alicyclic amines) is 1. The predicted molar refractivity (Wildman–Crippen MR) is 118 cm³/mol. The number of ether oxygens (including phenoxy) is 1. The third-order valence-electron chi connectivity index (χ3n) is 6.04. The summed E-state index contributed by atoms with van der Waals surface area (Å²) < 4.78 is 5.36. The Balaban J connectivity index is 1.48. The van der Waals surface area contributed by atoms with Crippen molar-refractivity contribution in [1.29, 1.82) is 0 Å². The fourth-order valence-corrected chi connectivity index (χ4v) is 4.28. The molecule has 2 saturated heterocycles. The number of hydrogen-bond donors (Lipinski definition) is 1. The Morgan fingerprint density at radius 2 is 2.00 bits per heavy atom. The quantitative estimate of drug-likeness (QED) is 0.621. The minimum absolute atomic E-state index is 0.645. The maximum absolute atomic E-state index is 5.36. The van der Waals surface area contributed by atoms with Crippen molar-refractivity contribution >= 4 is 11.6 Å². The van der Waals surface area contributed by atoms with Crippen LogP contribution < -0.4 is 15.0 Å². The molecule has 1 aromatic carbocycles. The molecule has 156 valence electrons. The Morgan fingerprint density at radius 3 is 2.68 bits per heavy atom. The van der Waals surface area contributed by atoms with Crippen molar-refractivity contribution < 1.29 is 4.74 Å². The van der Waals surface area contributed by atoms with Crippen LogP contribution in [0.25, 0.3) is 0 Å². The predicted octanol–water partition coefficient (Wildman–Crippen LogP) is 2.51. The molecule has 0 saturated carbocycles. The summed E-state index contributed by atoms with van der Waals surface area (Å²) in [6, 6.07) is 8.98. The summed E-state index contributed by atoms with van der Waals surface area (Å²) >= 11 is 0. The molecule has 2 heterocycles. The molecule has 2 aliphatic heterocycles. The van der Waals surface area contributed by atoms with Gasteiger partial charge in [0.05, 0.1) is 7.11 Å². The number of hydrogen-bond acceptors (Lipinski definition) is 4. The van der Waals surface area contributed by atoms with Gasteiger partial charge in [-0.3, -0.25) is 4.99 Å². The van der Waals surface area contributed by atoms with Crippen molar-refractivity contribution in [2.24, 2.45) is 10.9 Å². The number of benzene rings is 1. The van der Waals surface area contributed by atoms with Crippen molar-refractivity contribution in [2.45, 2.75) is 32.7 Å². The van der Waals surface area contributed by atoms with Crippen LogP contribution in [0.3, 0.4) is 0 Å². The molecule has 0 radical (unpaired) electrons. The van der Waals surface area contributed by atoms with Gasteiger partial charge in [-0.1, -0.05) is 6.07 Å². The Bertz CT molecular complexity index is 640. The van der Waals surface area contributed by atoms with Crippen LogP contribution in [0, 0.1) is 5.92 Å². The van der Waals surface area contributed by atoms with Crippen LogP contribution in [0.4, 0.5) is 5.69 Å². The SMILES string of the molecule is CN=C(NCC1CCCN(C(C)C)C1)N1CCN(c2cccc(OC)c2)CC1. The summed E-state index contributed by atoms with van der Waals surface area (Å²) in [6.07, 6.45) is 2.62. The number of rotatable bonds is 5. The summed E-state index contributed by atoms with van der Waals surface area (Å²) in [6.45, 7) is 12.0. The first kappa shape index (κ1) is 20.8. The van der Waals surface area contributed by atoms with Gasteiger partial charge >= 0.3 is 0 Å². The summed E-state index contributed by atoms with van der Waals surface area (Å²) in [5, 5.41) is 3.65. The maximum atomic E-state index is 5.36. The average molecular weight is 388 g/mol. The van der Waals surface area contributed by atoms with E-state index in [9.17, 15) is 0 Å². The van der Waals surface area contributed by atoms with E-state index in [2.05, 4.69) is 57.1 Å². The largest absolute Gasteiger partial charge is 0.497 e. The summed E-state index contributed by atoms with van der Waals surface area (Å²) in [4.78, 5) is 12.0. The Labute approximate surface area is 170 Å². The highest BCUT2D eigenvalue weighted by atomic mass is 16.5. The van der Waals surface area contributed by atoms with Crippen LogP contribution in [-0.4, -0.2) is 81.8 Å². The molecule has 0 aromatic heterocycles. The molecule has 2 fully saturated rings. The second-order valence-corrected chi connectivity index (χ2v) is 8.20. The zero-order valence-electron chi connectivity index (χ0n) is 18.0. The minimum atomic E-state index is 0.645. The standard InChI is InChI=1S/C22H37N5O/c1-18(2)27-10-6-7-19(17-27)16-24-22(23-3)26-13-11-25(12-14-26)20-8-5-9-21(15-20)28-4/h5,8-9,15,18-19H,6-7,10-14,16-17H2,1-4H3,(H,23,24). The molecule has 1 atom stereocenters. The monoisotopic (exact) mass is 387 g/mol. The number of piperidine rings is 1. The minimum Gasteiger partial charge on any atom is -0.497 e. The first-order valence-electron chi connectivity index (χ1n) is 10.7. The van der Waals surface area contributed by atoms with Gasteiger partial charge in [0.25, 0.3) is 0 Å². The van der Waals surface area contributed by atoms with Crippen LogP contribution in [0.1, 0.15) is 26.7 Å². The van der Waals surface area contributed by atoms with Crippen LogP contribution in [-0.2, 0) is 0 Å². The van der Waals surface area contributed by atoms with Crippen LogP contribution in [0.5, 0.6) is 5.75 Å². The van der Waals surface area contributed by atoms with E-state index in [4.69, 9.17) is 4.74 Å². The van der Waals surface area contributed by atoms with Crippen LogP contribution in [0.2, 0.25) is 0 Å². The molecule has 6 heteroatoms. The van der Waals surface area contributed by atoms with Crippen molar-refractivity contribution in [2.75, 3.05) is 64.9 Å². The van der Waals surface area contributed by atoms with E-state index in [1.807, 2.05) is 13.1 Å². The van der Waals surface area contributed by atoms with E-state index in [-0.39, 0.29) is 0 Å². The van der Waals surface area contributed by atoms with E-state index in [1.165, 1.54) is 31.6 Å². The van der Waals surface area contributed by atoms with E-state index in [1.54, 1.807) is 7.11 Å². The average Bonchev–Trinajstić information content (AvgIpc) is 2.75. The molecule has 1 unspecified atom stereocenters. The first-order chi connectivity index (χ1) is 13.6. The zero-order chi connectivity index (χ0) is 19.9. The lowest BCUT2D eigenvalue weighted by Crippen LogP contribution is -2.53. The molecule has 0 amide bonds. The molecular formula is C22H37N5O. The Hall–Kier alpha value is -1.95. The molecule has 2 aliphatic rings. The van der Waals surface area contributed by atoms with Gasteiger partial charge in [0.2, 0.25) is 0 Å². The fourth-order valence-electron chi connectivity index (χ4n) is 4.28. The van der Waals surface area contributed by atoms with Gasteiger partial charge in [-0.05, 0) is 51.3 Å². The third kappa shape index (κ3) is 5.31. The molecule has 0 aliphatic carbocycles. The zero-order valence-corrected chi connectivity index (χ0v) is 18.0. The van der Waals surface area contributed by atoms with Crippen LogP contribution >= 0.6 is 0 Å². The molecule has 6 nitrogen and oxygen atoms in total. The van der Waals surface area contributed by atoms with Crippen molar-refractivity contribution in [3.8, 4) is 5.75 Å². The maximum Gasteiger partial charge on any atom is 0.193 e. The van der Waals surface area contributed by atoms with Gasteiger partial charge in [-0.2, -0.15) is 0 Å². The third-order valence-corrected chi connectivity index (χ3v) is 6.04. The van der Waals surface area contributed by atoms with Crippen LogP contribution in [0.15, 0.2) is 29.3 Å². The van der Waals surface area contributed by atoms with Crippen molar-refractivity contribution in [3.05, 3.63) is 24.3 Å². The molecule has 28 heavy (non-hydrogen) atoms. The molecule has 1 aromatic rings. The number of aliphatic imine (C=N–C) groups is 1. The van der Waals surface area contributed by atoms with E-state index >= 15 is 0 Å². The smallest absolute Gasteiger partial charge is 0.193 e. The fraction of sp³-hybridized carbons (Fsp3) is 0.682. The van der Waals surface area contributed by atoms with Gasteiger partial charge in [0, 0.05) is 64.1 Å². The molecule has 3 rings (SSSR count). The van der Waals surface area contributed by atoms with E-state index in [0.717, 1.165) is 44.4 Å².